The number of unbranched alkanes of at least 4 members (excludes halogenated alkanes) is 10. The van der Waals surface area contributed by atoms with Crippen molar-refractivity contribution in [2.45, 2.75) is 142 Å². The third-order valence-corrected chi connectivity index (χ3v) is 10.4. The standard InChI is InChI=1S/C47H64N4O6/c1-4-6-8-10-12-14-16-36-29-48-46(49-30-36)40-23-19-38(20-24-40)42(52)33-56-43(34-57-45(55)28-35(3)18-27-44(53)54)39-21-25-41(26-22-39)47-50-31-37(32-51-47)17-15-13-11-9-7-5-2/h19-26,29-32,35,42-43,52H,4-18,27-28,33-34H2,1-3H3,(H,53,54)/t35-,42?,43?/m1/s1. The van der Waals surface area contributed by atoms with Gasteiger partial charge >= 0.3 is 11.9 Å². The van der Waals surface area contributed by atoms with Crippen LogP contribution in [0.4, 0.5) is 0 Å². The Labute approximate surface area is 339 Å². The van der Waals surface area contributed by atoms with Crippen LogP contribution in [0.1, 0.15) is 152 Å². The Balaban J connectivity index is 1.35. The maximum atomic E-state index is 12.7. The van der Waals surface area contributed by atoms with E-state index in [0.29, 0.717) is 23.6 Å². The van der Waals surface area contributed by atoms with Crippen molar-refractivity contribution < 1.29 is 29.3 Å². The molecule has 0 radical (unpaired) electrons. The number of carbonyl (C=O) groups excluding carboxylic acids is 1. The molecule has 10 heteroatoms. The van der Waals surface area contributed by atoms with Gasteiger partial charge in [0, 0.05) is 48.8 Å². The molecule has 4 aromatic rings. The molecule has 10 nitrogen and oxygen atoms in total. The molecule has 2 N–H and O–H groups in total. The largest absolute Gasteiger partial charge is 0.481 e. The van der Waals surface area contributed by atoms with Crippen molar-refractivity contribution in [2.75, 3.05) is 13.2 Å². The number of nitrogens with zero attached hydrogens (tertiary/aromatic N) is 4. The van der Waals surface area contributed by atoms with Gasteiger partial charge in [-0.2, -0.15) is 0 Å². The summed E-state index contributed by atoms with van der Waals surface area (Å²) in [6, 6.07) is 15.1. The molecular formula is C47H64N4O6. The predicted octanol–water partition coefficient (Wildman–Crippen LogP) is 10.6. The van der Waals surface area contributed by atoms with Gasteiger partial charge in [0.25, 0.3) is 0 Å². The molecule has 0 saturated carbocycles. The number of aromatic nitrogens is 4. The predicted molar refractivity (Wildman–Crippen MR) is 224 cm³/mol. The average molecular weight is 781 g/mol. The fourth-order valence-corrected chi connectivity index (χ4v) is 6.71. The molecule has 0 aliphatic rings. The van der Waals surface area contributed by atoms with Gasteiger partial charge in [0.2, 0.25) is 0 Å². The monoisotopic (exact) mass is 780 g/mol. The number of aliphatic hydroxyl groups is 1. The average Bonchev–Trinajstić information content (AvgIpc) is 3.23. The zero-order valence-corrected chi connectivity index (χ0v) is 34.4. The lowest BCUT2D eigenvalue weighted by Gasteiger charge is -2.21. The summed E-state index contributed by atoms with van der Waals surface area (Å²) in [6.07, 6.45) is 23.4. The Morgan fingerprint density at radius 3 is 1.56 bits per heavy atom. The van der Waals surface area contributed by atoms with Crippen LogP contribution in [-0.4, -0.2) is 55.3 Å². The number of esters is 1. The second-order valence-electron chi connectivity index (χ2n) is 15.4. The number of aliphatic carboxylic acids is 1. The highest BCUT2D eigenvalue weighted by Crippen LogP contribution is 2.26. The number of hydrogen-bond donors (Lipinski definition) is 2. The number of aryl methyl sites for hydroxylation is 2. The normalized spacial score (nSPS) is 12.9. The molecule has 57 heavy (non-hydrogen) atoms. The molecule has 308 valence electrons. The first-order valence-corrected chi connectivity index (χ1v) is 21.2. The number of benzene rings is 2. The van der Waals surface area contributed by atoms with Gasteiger partial charge in [-0.15, -0.1) is 0 Å². The molecule has 2 aromatic heterocycles. The summed E-state index contributed by atoms with van der Waals surface area (Å²) in [4.78, 5) is 42.1. The Bertz CT molecular complexity index is 1720. The first kappa shape index (κ1) is 45.2. The fourth-order valence-electron chi connectivity index (χ4n) is 6.71. The van der Waals surface area contributed by atoms with Crippen LogP contribution in [0.5, 0.6) is 0 Å². The second-order valence-corrected chi connectivity index (χ2v) is 15.4. The molecule has 0 aliphatic carbocycles. The lowest BCUT2D eigenvalue weighted by atomic mass is 10.0. The topological polar surface area (TPSA) is 145 Å². The molecule has 0 bridgehead atoms. The van der Waals surface area contributed by atoms with Gasteiger partial charge in [0.05, 0.1) is 6.61 Å². The smallest absolute Gasteiger partial charge is 0.306 e. The summed E-state index contributed by atoms with van der Waals surface area (Å²) in [5, 5.41) is 20.2. The number of ether oxygens (including phenoxy) is 2. The van der Waals surface area contributed by atoms with Crippen molar-refractivity contribution in [3.8, 4) is 22.8 Å². The van der Waals surface area contributed by atoms with Crippen molar-refractivity contribution in [1.82, 2.24) is 19.9 Å². The maximum absolute atomic E-state index is 12.7. The van der Waals surface area contributed by atoms with Gasteiger partial charge in [0.1, 0.15) is 18.8 Å². The van der Waals surface area contributed by atoms with Crippen LogP contribution in [-0.2, 0) is 31.9 Å². The number of aliphatic hydroxyl groups excluding tert-OH is 1. The lowest BCUT2D eigenvalue weighted by molar-refractivity contribution is -0.150. The Kier molecular flexibility index (Phi) is 20.3. The molecule has 0 amide bonds. The SMILES string of the molecule is CCCCCCCCc1cnc(-c2ccc(C(O)COC(COC(=O)C[C@H](C)CCC(=O)O)c3ccc(-c4ncc(CCCCCCCC)cn4)cc3)cc2)nc1. The van der Waals surface area contributed by atoms with Gasteiger partial charge in [-0.1, -0.05) is 134 Å². The van der Waals surface area contributed by atoms with E-state index in [4.69, 9.17) is 14.6 Å². The lowest BCUT2D eigenvalue weighted by Crippen LogP contribution is -2.19. The molecule has 0 saturated heterocycles. The van der Waals surface area contributed by atoms with Crippen molar-refractivity contribution in [3.05, 3.63) is 95.6 Å². The third kappa shape index (κ3) is 16.8. The highest BCUT2D eigenvalue weighted by Gasteiger charge is 2.20. The molecule has 0 spiro atoms. The fraction of sp³-hybridized carbons (Fsp3) is 0.532. The van der Waals surface area contributed by atoms with Crippen LogP contribution in [0.25, 0.3) is 22.8 Å². The summed E-state index contributed by atoms with van der Waals surface area (Å²) in [7, 11) is 0. The van der Waals surface area contributed by atoms with Crippen LogP contribution >= 0.6 is 0 Å². The molecule has 0 fully saturated rings. The summed E-state index contributed by atoms with van der Waals surface area (Å²) in [5.74, 6) is -0.197. The molecule has 2 aromatic carbocycles. The molecule has 2 unspecified atom stereocenters. The van der Waals surface area contributed by atoms with Crippen LogP contribution in [0, 0.1) is 5.92 Å². The summed E-state index contributed by atoms with van der Waals surface area (Å²) < 4.78 is 11.9. The van der Waals surface area contributed by atoms with E-state index in [9.17, 15) is 14.7 Å². The van der Waals surface area contributed by atoms with Gasteiger partial charge < -0.3 is 19.7 Å². The van der Waals surface area contributed by atoms with Crippen LogP contribution < -0.4 is 0 Å². The zero-order valence-electron chi connectivity index (χ0n) is 34.4. The van der Waals surface area contributed by atoms with Crippen LogP contribution in [0.3, 0.4) is 0 Å². The number of rotatable bonds is 28. The van der Waals surface area contributed by atoms with E-state index in [0.717, 1.165) is 53.5 Å². The van der Waals surface area contributed by atoms with Crippen molar-refractivity contribution in [2.24, 2.45) is 5.92 Å². The van der Waals surface area contributed by atoms with Gasteiger partial charge in [-0.3, -0.25) is 9.59 Å². The van der Waals surface area contributed by atoms with E-state index < -0.39 is 24.1 Å². The minimum atomic E-state index is -0.934. The molecular weight excluding hydrogens is 717 g/mol. The van der Waals surface area contributed by atoms with E-state index in [1.807, 2.05) is 80.2 Å². The van der Waals surface area contributed by atoms with E-state index >= 15 is 0 Å². The Morgan fingerprint density at radius 1 is 0.632 bits per heavy atom. The zero-order chi connectivity index (χ0) is 40.7. The molecule has 2 heterocycles. The number of carbonyl (C=O) groups is 2. The van der Waals surface area contributed by atoms with Gasteiger partial charge in [-0.05, 0) is 60.3 Å². The highest BCUT2D eigenvalue weighted by atomic mass is 16.6. The maximum Gasteiger partial charge on any atom is 0.306 e. The summed E-state index contributed by atoms with van der Waals surface area (Å²) in [5.41, 5.74) is 5.43. The van der Waals surface area contributed by atoms with E-state index in [1.165, 1.54) is 64.2 Å². The minimum Gasteiger partial charge on any atom is -0.481 e. The first-order chi connectivity index (χ1) is 27.7. The van der Waals surface area contributed by atoms with Crippen LogP contribution in [0.15, 0.2) is 73.3 Å². The number of carboxylic acids is 1. The van der Waals surface area contributed by atoms with Crippen molar-refractivity contribution in [3.63, 3.8) is 0 Å². The quantitative estimate of drug-likeness (QED) is 0.0422. The Hall–Kier alpha value is -4.54. The van der Waals surface area contributed by atoms with E-state index in [1.54, 1.807) is 0 Å². The van der Waals surface area contributed by atoms with E-state index in [-0.39, 0.29) is 32.0 Å². The molecule has 3 atom stereocenters. The van der Waals surface area contributed by atoms with Crippen molar-refractivity contribution >= 4 is 11.9 Å². The van der Waals surface area contributed by atoms with Gasteiger partial charge in [0.15, 0.2) is 11.6 Å². The molecule has 0 aliphatic heterocycles. The Morgan fingerprint density at radius 2 is 1.09 bits per heavy atom. The molecule has 4 rings (SSSR count). The van der Waals surface area contributed by atoms with E-state index in [2.05, 4.69) is 33.8 Å². The third-order valence-electron chi connectivity index (χ3n) is 10.4. The first-order valence-electron chi connectivity index (χ1n) is 21.2. The van der Waals surface area contributed by atoms with Gasteiger partial charge in [-0.25, -0.2) is 19.9 Å². The minimum absolute atomic E-state index is 0.00439. The number of carboxylic acid groups (broad SMARTS) is 1. The second kappa shape index (κ2) is 25.7. The number of hydrogen-bond acceptors (Lipinski definition) is 9. The van der Waals surface area contributed by atoms with Crippen molar-refractivity contribution in [1.29, 1.82) is 0 Å². The summed E-state index contributed by atoms with van der Waals surface area (Å²) >= 11 is 0. The van der Waals surface area contributed by atoms with Crippen LogP contribution in [0.2, 0.25) is 0 Å². The summed E-state index contributed by atoms with van der Waals surface area (Å²) in [6.45, 7) is 6.19. The highest BCUT2D eigenvalue weighted by molar-refractivity contribution is 5.70.